The average molecular weight is 238 g/mol. The number of rotatable bonds is 5. The molecule has 0 bridgehead atoms. The molecule has 0 saturated carbocycles. The van der Waals surface area contributed by atoms with Gasteiger partial charge in [0, 0.05) is 12.6 Å². The molecule has 1 aromatic heterocycles. The monoisotopic (exact) mass is 238 g/mol. The van der Waals surface area contributed by atoms with Gasteiger partial charge in [-0.2, -0.15) is 0 Å². The van der Waals surface area contributed by atoms with E-state index in [2.05, 4.69) is 26.0 Å². The predicted octanol–water partition coefficient (Wildman–Crippen LogP) is 0.0435. The number of carbonyl (C=O) groups excluding carboxylic acids is 1. The minimum Gasteiger partial charge on any atom is -0.361 e. The van der Waals surface area contributed by atoms with Gasteiger partial charge in [0.15, 0.2) is 0 Å². The summed E-state index contributed by atoms with van der Waals surface area (Å²) in [5.74, 6) is 6.65. The van der Waals surface area contributed by atoms with Gasteiger partial charge in [-0.3, -0.25) is 4.79 Å². The van der Waals surface area contributed by atoms with Crippen molar-refractivity contribution in [3.05, 3.63) is 11.9 Å². The van der Waals surface area contributed by atoms with E-state index in [1.54, 1.807) is 7.05 Å². The SMILES string of the molecule is CNC(=O)CNc1ncnc(NN)c1C(C)C. The largest absolute Gasteiger partial charge is 0.361 e. The maximum atomic E-state index is 11.2. The number of hydrazine groups is 1. The molecular weight excluding hydrogens is 220 g/mol. The number of likely N-dealkylation sites (N-methyl/N-ethyl adjacent to an activating group) is 1. The summed E-state index contributed by atoms with van der Waals surface area (Å²) >= 11 is 0. The van der Waals surface area contributed by atoms with E-state index >= 15 is 0 Å². The van der Waals surface area contributed by atoms with Crippen molar-refractivity contribution >= 4 is 17.5 Å². The maximum Gasteiger partial charge on any atom is 0.239 e. The van der Waals surface area contributed by atoms with Crippen LogP contribution in [0.15, 0.2) is 6.33 Å². The summed E-state index contributed by atoms with van der Waals surface area (Å²) in [6.07, 6.45) is 1.40. The van der Waals surface area contributed by atoms with E-state index in [0.29, 0.717) is 11.6 Å². The molecule has 0 spiro atoms. The summed E-state index contributed by atoms with van der Waals surface area (Å²) in [6.45, 7) is 4.17. The summed E-state index contributed by atoms with van der Waals surface area (Å²) in [6, 6.07) is 0. The van der Waals surface area contributed by atoms with Crippen molar-refractivity contribution in [1.82, 2.24) is 15.3 Å². The lowest BCUT2D eigenvalue weighted by Crippen LogP contribution is -2.27. The third-order valence-electron chi connectivity index (χ3n) is 2.29. The Kier molecular flexibility index (Phi) is 4.65. The quantitative estimate of drug-likeness (QED) is 0.426. The summed E-state index contributed by atoms with van der Waals surface area (Å²) in [4.78, 5) is 19.3. The highest BCUT2D eigenvalue weighted by molar-refractivity contribution is 5.80. The van der Waals surface area contributed by atoms with Gasteiger partial charge in [0.05, 0.1) is 6.54 Å². The van der Waals surface area contributed by atoms with Gasteiger partial charge in [0.2, 0.25) is 5.91 Å². The molecule has 1 amide bonds. The number of aromatic nitrogens is 2. The van der Waals surface area contributed by atoms with Crippen molar-refractivity contribution in [3.63, 3.8) is 0 Å². The zero-order valence-corrected chi connectivity index (χ0v) is 10.2. The van der Waals surface area contributed by atoms with Crippen molar-refractivity contribution < 1.29 is 4.79 Å². The van der Waals surface area contributed by atoms with Crippen molar-refractivity contribution in [2.45, 2.75) is 19.8 Å². The molecule has 0 saturated heterocycles. The van der Waals surface area contributed by atoms with Crippen LogP contribution in [0, 0.1) is 0 Å². The molecule has 1 aromatic rings. The van der Waals surface area contributed by atoms with Gasteiger partial charge in [-0.1, -0.05) is 13.8 Å². The molecule has 0 aromatic carbocycles. The first-order valence-electron chi connectivity index (χ1n) is 5.36. The van der Waals surface area contributed by atoms with E-state index in [0.717, 1.165) is 5.56 Å². The molecular formula is C10H18N6O. The second kappa shape index (κ2) is 6.00. The van der Waals surface area contributed by atoms with Crippen LogP contribution in [0.4, 0.5) is 11.6 Å². The van der Waals surface area contributed by atoms with Crippen LogP contribution in [0.25, 0.3) is 0 Å². The normalized spacial score (nSPS) is 10.2. The molecule has 0 aliphatic heterocycles. The van der Waals surface area contributed by atoms with Gasteiger partial charge in [-0.15, -0.1) is 0 Å². The van der Waals surface area contributed by atoms with Gasteiger partial charge >= 0.3 is 0 Å². The summed E-state index contributed by atoms with van der Waals surface area (Å²) < 4.78 is 0. The molecule has 5 N–H and O–H groups in total. The molecule has 0 atom stereocenters. The van der Waals surface area contributed by atoms with Crippen molar-refractivity contribution in [1.29, 1.82) is 0 Å². The molecule has 0 aliphatic rings. The van der Waals surface area contributed by atoms with E-state index in [1.165, 1.54) is 6.33 Å². The zero-order valence-electron chi connectivity index (χ0n) is 10.2. The number of amides is 1. The van der Waals surface area contributed by atoms with Gasteiger partial charge in [0.1, 0.15) is 18.0 Å². The van der Waals surface area contributed by atoms with E-state index in [1.807, 2.05) is 13.8 Å². The van der Waals surface area contributed by atoms with Gasteiger partial charge in [0.25, 0.3) is 0 Å². The van der Waals surface area contributed by atoms with Crippen LogP contribution >= 0.6 is 0 Å². The minimum absolute atomic E-state index is 0.111. The summed E-state index contributed by atoms with van der Waals surface area (Å²) in [5.41, 5.74) is 3.39. The van der Waals surface area contributed by atoms with Crippen molar-refractivity contribution in [2.75, 3.05) is 24.3 Å². The summed E-state index contributed by atoms with van der Waals surface area (Å²) in [7, 11) is 1.58. The number of anilines is 2. The van der Waals surface area contributed by atoms with Crippen LogP contribution in [-0.2, 0) is 4.79 Å². The van der Waals surface area contributed by atoms with Crippen LogP contribution in [0.1, 0.15) is 25.3 Å². The number of nitrogen functional groups attached to an aromatic ring is 1. The van der Waals surface area contributed by atoms with E-state index in [4.69, 9.17) is 5.84 Å². The van der Waals surface area contributed by atoms with Crippen LogP contribution in [0.2, 0.25) is 0 Å². The van der Waals surface area contributed by atoms with Gasteiger partial charge in [-0.05, 0) is 5.92 Å². The second-order valence-corrected chi connectivity index (χ2v) is 3.81. The Balaban J connectivity index is 2.94. The Morgan fingerprint density at radius 3 is 2.59 bits per heavy atom. The van der Waals surface area contributed by atoms with Gasteiger partial charge in [-0.25, -0.2) is 15.8 Å². The molecule has 7 heteroatoms. The minimum atomic E-state index is -0.111. The summed E-state index contributed by atoms with van der Waals surface area (Å²) in [5, 5.41) is 5.49. The molecule has 94 valence electrons. The first kappa shape index (κ1) is 13.2. The number of nitrogens with two attached hydrogens (primary N) is 1. The topological polar surface area (TPSA) is 105 Å². The third kappa shape index (κ3) is 3.28. The molecule has 0 aliphatic carbocycles. The van der Waals surface area contributed by atoms with Crippen LogP contribution in [0.3, 0.4) is 0 Å². The number of nitrogens with one attached hydrogen (secondary N) is 3. The molecule has 17 heavy (non-hydrogen) atoms. The lowest BCUT2D eigenvalue weighted by Gasteiger charge is -2.15. The average Bonchev–Trinajstić information content (AvgIpc) is 2.34. The third-order valence-corrected chi connectivity index (χ3v) is 2.29. The van der Waals surface area contributed by atoms with Crippen LogP contribution < -0.4 is 21.9 Å². The molecule has 7 nitrogen and oxygen atoms in total. The van der Waals surface area contributed by atoms with Crippen LogP contribution in [-0.4, -0.2) is 29.5 Å². The number of carbonyl (C=O) groups is 1. The first-order chi connectivity index (χ1) is 8.10. The highest BCUT2D eigenvalue weighted by Gasteiger charge is 2.14. The maximum absolute atomic E-state index is 11.2. The number of nitrogens with zero attached hydrogens (tertiary/aromatic N) is 2. The molecule has 0 unspecified atom stereocenters. The predicted molar refractivity (Wildman–Crippen MR) is 66.5 cm³/mol. The van der Waals surface area contributed by atoms with Gasteiger partial charge < -0.3 is 16.1 Å². The highest BCUT2D eigenvalue weighted by Crippen LogP contribution is 2.27. The zero-order chi connectivity index (χ0) is 12.8. The molecule has 1 rings (SSSR count). The fourth-order valence-corrected chi connectivity index (χ4v) is 1.45. The number of hydrogen-bond acceptors (Lipinski definition) is 6. The van der Waals surface area contributed by atoms with E-state index in [-0.39, 0.29) is 18.4 Å². The fourth-order valence-electron chi connectivity index (χ4n) is 1.45. The Hall–Kier alpha value is -1.89. The Labute approximate surface area is 100 Å². The lowest BCUT2D eigenvalue weighted by molar-refractivity contribution is -0.118. The van der Waals surface area contributed by atoms with Crippen LogP contribution in [0.5, 0.6) is 0 Å². The molecule has 0 fully saturated rings. The Bertz CT molecular complexity index is 392. The Morgan fingerprint density at radius 1 is 1.41 bits per heavy atom. The smallest absolute Gasteiger partial charge is 0.239 e. The standard InChI is InChI=1S/C10H18N6O/c1-6(2)8-9(13-4-7(17)12-3)14-5-15-10(8)16-11/h5-6H,4,11H2,1-3H3,(H,12,17)(H2,13,14,15,16). The van der Waals surface area contributed by atoms with E-state index < -0.39 is 0 Å². The molecule has 1 heterocycles. The lowest BCUT2D eigenvalue weighted by atomic mass is 10.0. The second-order valence-electron chi connectivity index (χ2n) is 3.81. The van der Waals surface area contributed by atoms with Crippen molar-refractivity contribution in [2.24, 2.45) is 5.84 Å². The first-order valence-corrected chi connectivity index (χ1v) is 5.36. The Morgan fingerprint density at radius 2 is 2.06 bits per heavy atom. The van der Waals surface area contributed by atoms with Crippen molar-refractivity contribution in [3.8, 4) is 0 Å². The highest BCUT2D eigenvalue weighted by atomic mass is 16.1. The van der Waals surface area contributed by atoms with E-state index in [9.17, 15) is 4.79 Å². The fraction of sp³-hybridized carbons (Fsp3) is 0.500. The molecule has 0 radical (unpaired) electrons. The number of hydrogen-bond donors (Lipinski definition) is 4.